The summed E-state index contributed by atoms with van der Waals surface area (Å²) in [6.45, 7) is 1.88. The van der Waals surface area contributed by atoms with Crippen molar-refractivity contribution in [2.24, 2.45) is 0 Å². The van der Waals surface area contributed by atoms with Crippen LogP contribution in [-0.2, 0) is 14.6 Å². The van der Waals surface area contributed by atoms with E-state index in [-0.39, 0.29) is 34.0 Å². The van der Waals surface area contributed by atoms with Crippen LogP contribution in [-0.4, -0.2) is 37.1 Å². The molecule has 6 heteroatoms. The molecule has 1 fully saturated rings. The molecule has 1 amide bonds. The minimum atomic E-state index is -3.00. The fraction of sp³-hybridized carbons (Fsp3) is 0.350. The maximum Gasteiger partial charge on any atom is 0.233 e. The summed E-state index contributed by atoms with van der Waals surface area (Å²) >= 11 is 1.58. The van der Waals surface area contributed by atoms with Crippen LogP contribution < -0.4 is 5.32 Å². The molecule has 1 aliphatic heterocycles. The molecular weight excluding hydrogens is 366 g/mol. The van der Waals surface area contributed by atoms with Crippen LogP contribution in [0, 0.1) is 0 Å². The van der Waals surface area contributed by atoms with Gasteiger partial charge in [-0.05, 0) is 24.5 Å². The van der Waals surface area contributed by atoms with Gasteiger partial charge in [-0.15, -0.1) is 11.8 Å². The van der Waals surface area contributed by atoms with Crippen molar-refractivity contribution in [3.05, 3.63) is 71.8 Å². The number of benzene rings is 2. The average molecular weight is 390 g/mol. The Bertz CT molecular complexity index is 798. The average Bonchev–Trinajstić information content (AvgIpc) is 2.99. The fourth-order valence-corrected chi connectivity index (χ4v) is 6.00. The first-order valence-corrected chi connectivity index (χ1v) is 11.5. The molecule has 0 aliphatic carbocycles. The number of nitrogens with one attached hydrogen (secondary N) is 1. The standard InChI is InChI=1S/C20H23NO3S2/c1-15(20(22)21-18-12-13-26(23,24)14-18)25-19(16-8-4-2-5-9-16)17-10-6-3-7-11-17/h2-11,15,18-19H,12-14H2,1H3,(H,21,22). The molecule has 2 atom stereocenters. The van der Waals surface area contributed by atoms with E-state index in [1.807, 2.05) is 43.3 Å². The maximum atomic E-state index is 12.6. The molecule has 1 heterocycles. The molecule has 0 radical (unpaired) electrons. The van der Waals surface area contributed by atoms with Crippen LogP contribution in [0.15, 0.2) is 60.7 Å². The molecule has 3 rings (SSSR count). The predicted molar refractivity (Wildman–Crippen MR) is 107 cm³/mol. The van der Waals surface area contributed by atoms with Crippen molar-refractivity contribution in [1.82, 2.24) is 5.32 Å². The maximum absolute atomic E-state index is 12.6. The lowest BCUT2D eigenvalue weighted by Crippen LogP contribution is -2.40. The molecule has 1 aliphatic rings. The largest absolute Gasteiger partial charge is 0.351 e. The number of hydrogen-bond donors (Lipinski definition) is 1. The van der Waals surface area contributed by atoms with Crippen molar-refractivity contribution in [3.8, 4) is 0 Å². The van der Waals surface area contributed by atoms with Crippen molar-refractivity contribution in [2.75, 3.05) is 11.5 Å². The van der Waals surface area contributed by atoms with Crippen LogP contribution in [0.2, 0.25) is 0 Å². The zero-order valence-corrected chi connectivity index (χ0v) is 16.3. The topological polar surface area (TPSA) is 63.2 Å². The summed E-state index contributed by atoms with van der Waals surface area (Å²) in [5.41, 5.74) is 2.29. The lowest BCUT2D eigenvalue weighted by atomic mass is 10.0. The fourth-order valence-electron chi connectivity index (χ4n) is 3.10. The first-order chi connectivity index (χ1) is 12.4. The second-order valence-electron chi connectivity index (χ2n) is 6.59. The summed E-state index contributed by atoms with van der Waals surface area (Å²) in [6, 6.07) is 20.0. The highest BCUT2D eigenvalue weighted by molar-refractivity contribution is 8.01. The Kier molecular flexibility index (Phi) is 6.04. The minimum absolute atomic E-state index is 0.0467. The number of amides is 1. The highest BCUT2D eigenvalue weighted by atomic mass is 32.2. The van der Waals surface area contributed by atoms with Gasteiger partial charge in [-0.3, -0.25) is 4.79 Å². The molecule has 1 saturated heterocycles. The highest BCUT2D eigenvalue weighted by Crippen LogP contribution is 2.38. The Morgan fingerprint density at radius 3 is 2.04 bits per heavy atom. The van der Waals surface area contributed by atoms with Crippen molar-refractivity contribution in [2.45, 2.75) is 29.9 Å². The zero-order chi connectivity index (χ0) is 18.6. The molecular formula is C20H23NO3S2. The second-order valence-corrected chi connectivity index (χ2v) is 10.3. The molecule has 0 bridgehead atoms. The van der Waals surface area contributed by atoms with Crippen LogP contribution in [0.4, 0.5) is 0 Å². The van der Waals surface area contributed by atoms with E-state index in [1.165, 1.54) is 0 Å². The molecule has 26 heavy (non-hydrogen) atoms. The van der Waals surface area contributed by atoms with Crippen molar-refractivity contribution in [1.29, 1.82) is 0 Å². The summed E-state index contributed by atoms with van der Waals surface area (Å²) < 4.78 is 23.2. The summed E-state index contributed by atoms with van der Waals surface area (Å²) in [5.74, 6) is 0.113. The van der Waals surface area contributed by atoms with E-state index in [0.29, 0.717) is 6.42 Å². The zero-order valence-electron chi connectivity index (χ0n) is 14.7. The van der Waals surface area contributed by atoms with E-state index >= 15 is 0 Å². The van der Waals surface area contributed by atoms with Gasteiger partial charge in [0.15, 0.2) is 9.84 Å². The molecule has 1 N–H and O–H groups in total. The Labute approximate surface area is 159 Å². The highest BCUT2D eigenvalue weighted by Gasteiger charge is 2.31. The Hall–Kier alpha value is -1.79. The summed E-state index contributed by atoms with van der Waals surface area (Å²) in [7, 11) is -3.00. The number of sulfone groups is 1. The Morgan fingerprint density at radius 1 is 1.04 bits per heavy atom. The lowest BCUT2D eigenvalue weighted by molar-refractivity contribution is -0.120. The molecule has 4 nitrogen and oxygen atoms in total. The summed E-state index contributed by atoms with van der Waals surface area (Å²) in [4.78, 5) is 12.6. The molecule has 138 valence electrons. The van der Waals surface area contributed by atoms with Crippen molar-refractivity contribution >= 4 is 27.5 Å². The number of carbonyl (C=O) groups excluding carboxylic acids is 1. The number of hydrogen-bond acceptors (Lipinski definition) is 4. The predicted octanol–water partition coefficient (Wildman–Crippen LogP) is 3.20. The molecule has 2 aromatic carbocycles. The van der Waals surface area contributed by atoms with Gasteiger partial charge in [0.2, 0.25) is 5.91 Å². The molecule has 0 saturated carbocycles. The first-order valence-electron chi connectivity index (χ1n) is 8.71. The van der Waals surface area contributed by atoms with Gasteiger partial charge in [0, 0.05) is 6.04 Å². The lowest BCUT2D eigenvalue weighted by Gasteiger charge is -2.22. The van der Waals surface area contributed by atoms with E-state index in [2.05, 4.69) is 29.6 Å². The van der Waals surface area contributed by atoms with Gasteiger partial charge in [0.1, 0.15) is 0 Å². The van der Waals surface area contributed by atoms with E-state index in [9.17, 15) is 13.2 Å². The van der Waals surface area contributed by atoms with Crippen LogP contribution in [0.5, 0.6) is 0 Å². The SMILES string of the molecule is CC(SC(c1ccccc1)c1ccccc1)C(=O)NC1CCS(=O)(=O)C1. The van der Waals surface area contributed by atoms with Gasteiger partial charge in [-0.1, -0.05) is 60.7 Å². The summed E-state index contributed by atoms with van der Waals surface area (Å²) in [5, 5.41) is 2.66. The molecule has 0 aromatic heterocycles. The van der Waals surface area contributed by atoms with Crippen molar-refractivity contribution in [3.63, 3.8) is 0 Å². The van der Waals surface area contributed by atoms with E-state index in [4.69, 9.17) is 0 Å². The molecule has 2 aromatic rings. The second kappa shape index (κ2) is 8.27. The van der Waals surface area contributed by atoms with Gasteiger partial charge in [-0.2, -0.15) is 0 Å². The van der Waals surface area contributed by atoms with Gasteiger partial charge in [-0.25, -0.2) is 8.42 Å². The third kappa shape index (κ3) is 4.89. The van der Waals surface area contributed by atoms with Gasteiger partial charge in [0.25, 0.3) is 0 Å². The number of thioether (sulfide) groups is 1. The van der Waals surface area contributed by atoms with Gasteiger partial charge >= 0.3 is 0 Å². The third-order valence-corrected chi connectivity index (χ3v) is 7.70. The Morgan fingerprint density at radius 2 is 1.58 bits per heavy atom. The van der Waals surface area contributed by atoms with E-state index < -0.39 is 9.84 Å². The van der Waals surface area contributed by atoms with Crippen LogP contribution in [0.1, 0.15) is 29.7 Å². The number of carbonyl (C=O) groups is 1. The molecule has 0 spiro atoms. The first kappa shape index (κ1) is 19.0. The van der Waals surface area contributed by atoms with Crippen molar-refractivity contribution < 1.29 is 13.2 Å². The smallest absolute Gasteiger partial charge is 0.233 e. The quantitative estimate of drug-likeness (QED) is 0.824. The normalized spacial score (nSPS) is 20.0. The molecule has 2 unspecified atom stereocenters. The Balaban J connectivity index is 1.71. The van der Waals surface area contributed by atoms with Gasteiger partial charge < -0.3 is 5.32 Å². The van der Waals surface area contributed by atoms with Crippen LogP contribution in [0.3, 0.4) is 0 Å². The van der Waals surface area contributed by atoms with E-state index in [1.54, 1.807) is 11.8 Å². The van der Waals surface area contributed by atoms with Gasteiger partial charge in [0.05, 0.1) is 22.0 Å². The monoisotopic (exact) mass is 389 g/mol. The minimum Gasteiger partial charge on any atom is -0.351 e. The number of rotatable bonds is 6. The van der Waals surface area contributed by atoms with Crippen LogP contribution >= 0.6 is 11.8 Å². The van der Waals surface area contributed by atoms with Crippen LogP contribution in [0.25, 0.3) is 0 Å². The summed E-state index contributed by atoms with van der Waals surface area (Å²) in [6.07, 6.45) is 0.506. The van der Waals surface area contributed by atoms with E-state index in [0.717, 1.165) is 11.1 Å². The third-order valence-electron chi connectivity index (χ3n) is 4.49.